The van der Waals surface area contributed by atoms with Crippen LogP contribution in [0.5, 0.6) is 0 Å². The van der Waals surface area contributed by atoms with Crippen LogP contribution >= 0.6 is 0 Å². The summed E-state index contributed by atoms with van der Waals surface area (Å²) < 4.78 is 39.0. The van der Waals surface area contributed by atoms with Crippen LogP contribution < -0.4 is 5.32 Å². The van der Waals surface area contributed by atoms with Gasteiger partial charge in [0.1, 0.15) is 6.20 Å². The zero-order valence-electron chi connectivity index (χ0n) is 12.0. The maximum absolute atomic E-state index is 13.0. The number of nitro groups is 1. The molecule has 126 valence electrons. The second-order valence-electron chi connectivity index (χ2n) is 5.39. The number of carbonyl (C=O) groups is 1. The molecular weight excluding hydrogens is 329 g/mol. The molecule has 0 aliphatic heterocycles. The zero-order chi connectivity index (χ0) is 17.5. The Morgan fingerprint density at radius 1 is 1.38 bits per heavy atom. The minimum Gasteiger partial charge on any atom is -0.347 e. The molecule has 0 saturated heterocycles. The first-order chi connectivity index (χ1) is 11.3. The van der Waals surface area contributed by atoms with Crippen LogP contribution in [-0.4, -0.2) is 27.1 Å². The van der Waals surface area contributed by atoms with Crippen molar-refractivity contribution in [2.75, 3.05) is 0 Å². The summed E-state index contributed by atoms with van der Waals surface area (Å²) in [5, 5.41) is 18.9. The maximum Gasteiger partial charge on any atom is 0.416 e. The van der Waals surface area contributed by atoms with E-state index in [0.717, 1.165) is 12.3 Å². The number of aromatic nitrogens is 2. The van der Waals surface area contributed by atoms with Gasteiger partial charge in [-0.25, -0.2) is 0 Å². The average Bonchev–Trinajstić information content (AvgIpc) is 3.08. The number of alkyl halides is 3. The molecule has 10 heteroatoms. The van der Waals surface area contributed by atoms with Gasteiger partial charge in [-0.15, -0.1) is 0 Å². The molecule has 0 unspecified atom stereocenters. The third-order valence-electron chi connectivity index (χ3n) is 3.82. The molecule has 1 saturated carbocycles. The number of carbonyl (C=O) groups excluding carboxylic acids is 1. The largest absolute Gasteiger partial charge is 0.416 e. The smallest absolute Gasteiger partial charge is 0.347 e. The van der Waals surface area contributed by atoms with Crippen molar-refractivity contribution in [2.24, 2.45) is 0 Å². The Morgan fingerprint density at radius 3 is 2.75 bits per heavy atom. The van der Waals surface area contributed by atoms with Gasteiger partial charge in [0.2, 0.25) is 5.69 Å². The van der Waals surface area contributed by atoms with Crippen molar-refractivity contribution in [3.05, 3.63) is 57.4 Å². The maximum atomic E-state index is 13.0. The van der Waals surface area contributed by atoms with Crippen molar-refractivity contribution in [1.29, 1.82) is 0 Å². The average molecular weight is 340 g/mol. The number of benzene rings is 1. The van der Waals surface area contributed by atoms with Gasteiger partial charge in [-0.05, 0) is 18.1 Å². The van der Waals surface area contributed by atoms with Gasteiger partial charge in [-0.3, -0.25) is 20.0 Å². The highest BCUT2D eigenvalue weighted by molar-refractivity contribution is 5.96. The van der Waals surface area contributed by atoms with Crippen molar-refractivity contribution in [3.63, 3.8) is 0 Å². The molecule has 0 bridgehead atoms. The van der Waals surface area contributed by atoms with Gasteiger partial charge < -0.3 is 5.32 Å². The molecule has 1 aliphatic carbocycles. The van der Waals surface area contributed by atoms with Crippen molar-refractivity contribution in [1.82, 2.24) is 15.5 Å². The summed E-state index contributed by atoms with van der Waals surface area (Å²) in [6, 6.07) is 4.66. The molecule has 1 fully saturated rings. The lowest BCUT2D eigenvalue weighted by Gasteiger charge is -2.12. The van der Waals surface area contributed by atoms with Crippen LogP contribution in [-0.2, 0) is 6.18 Å². The van der Waals surface area contributed by atoms with Crippen molar-refractivity contribution in [3.8, 4) is 0 Å². The third kappa shape index (κ3) is 2.94. The Balaban J connectivity index is 1.74. The molecule has 1 amide bonds. The summed E-state index contributed by atoms with van der Waals surface area (Å²) >= 11 is 0. The number of H-pyrrole nitrogens is 1. The van der Waals surface area contributed by atoms with Gasteiger partial charge in [0.15, 0.2) is 0 Å². The number of nitrogens with one attached hydrogen (secondary N) is 2. The Morgan fingerprint density at radius 2 is 2.08 bits per heavy atom. The van der Waals surface area contributed by atoms with E-state index in [1.807, 2.05) is 0 Å². The second-order valence-corrected chi connectivity index (χ2v) is 5.39. The predicted octanol–water partition coefficient (Wildman–Crippen LogP) is 2.62. The monoisotopic (exact) mass is 340 g/mol. The Labute approximate surface area is 133 Å². The molecule has 3 rings (SSSR count). The number of nitrogens with zero attached hydrogens (tertiary/aromatic N) is 2. The minimum absolute atomic E-state index is 0.106. The van der Waals surface area contributed by atoms with Crippen LogP contribution in [0.25, 0.3) is 0 Å². The molecule has 1 heterocycles. The standard InChI is InChI=1S/C14H11F3N4O3/c15-14(16,17)9-4-2-1-3-7(9)8-5-10(8)19-13(22)12-11(21(23)24)6-18-20-12/h1-4,6,8,10H,5H2,(H,18,20)(H,19,22)/t8-,10+/m1/s1. The molecule has 2 aromatic rings. The lowest BCUT2D eigenvalue weighted by atomic mass is 10.0. The molecule has 1 aliphatic rings. The summed E-state index contributed by atoms with van der Waals surface area (Å²) in [7, 11) is 0. The van der Waals surface area contributed by atoms with Gasteiger partial charge in [0.05, 0.1) is 10.5 Å². The summed E-state index contributed by atoms with van der Waals surface area (Å²) in [6.07, 6.45) is -3.24. The molecule has 2 atom stereocenters. The molecule has 0 spiro atoms. The third-order valence-corrected chi connectivity index (χ3v) is 3.82. The van der Waals surface area contributed by atoms with E-state index in [0.29, 0.717) is 6.42 Å². The van der Waals surface area contributed by atoms with E-state index in [9.17, 15) is 28.1 Å². The van der Waals surface area contributed by atoms with E-state index in [-0.39, 0.29) is 11.3 Å². The van der Waals surface area contributed by atoms with Gasteiger partial charge >= 0.3 is 11.9 Å². The van der Waals surface area contributed by atoms with E-state index in [2.05, 4.69) is 15.5 Å². The summed E-state index contributed by atoms with van der Waals surface area (Å²) in [6.45, 7) is 0. The highest BCUT2D eigenvalue weighted by Gasteiger charge is 2.45. The summed E-state index contributed by atoms with van der Waals surface area (Å²) in [5.41, 5.74) is -1.44. The predicted molar refractivity (Wildman–Crippen MR) is 75.3 cm³/mol. The van der Waals surface area contributed by atoms with Crippen LogP contribution in [0, 0.1) is 10.1 Å². The van der Waals surface area contributed by atoms with Gasteiger partial charge in [-0.2, -0.15) is 18.3 Å². The fourth-order valence-electron chi connectivity index (χ4n) is 2.60. The van der Waals surface area contributed by atoms with E-state index < -0.39 is 40.2 Å². The number of hydrogen-bond acceptors (Lipinski definition) is 4. The Hall–Kier alpha value is -2.91. The molecule has 1 aromatic carbocycles. The van der Waals surface area contributed by atoms with Crippen LogP contribution in [0.1, 0.15) is 34.0 Å². The Kier molecular flexibility index (Phi) is 3.74. The lowest BCUT2D eigenvalue weighted by Crippen LogP contribution is -2.27. The van der Waals surface area contributed by atoms with E-state index in [4.69, 9.17) is 0 Å². The van der Waals surface area contributed by atoms with E-state index in [1.54, 1.807) is 0 Å². The minimum atomic E-state index is -4.48. The Bertz CT molecular complexity index is 803. The van der Waals surface area contributed by atoms with Crippen molar-refractivity contribution < 1.29 is 22.9 Å². The van der Waals surface area contributed by atoms with Crippen LogP contribution in [0.15, 0.2) is 30.5 Å². The first-order valence-corrected chi connectivity index (χ1v) is 6.93. The number of hydrogen-bond donors (Lipinski definition) is 2. The number of rotatable bonds is 4. The molecular formula is C14H11F3N4O3. The fourth-order valence-corrected chi connectivity index (χ4v) is 2.60. The van der Waals surface area contributed by atoms with Gasteiger partial charge in [-0.1, -0.05) is 18.2 Å². The van der Waals surface area contributed by atoms with Crippen LogP contribution in [0.2, 0.25) is 0 Å². The van der Waals surface area contributed by atoms with E-state index in [1.165, 1.54) is 18.2 Å². The summed E-state index contributed by atoms with van der Waals surface area (Å²) in [5.74, 6) is -1.25. The van der Waals surface area contributed by atoms with E-state index >= 15 is 0 Å². The fraction of sp³-hybridized carbons (Fsp3) is 0.286. The summed E-state index contributed by atoms with van der Waals surface area (Å²) in [4.78, 5) is 22.0. The number of amides is 1. The molecule has 7 nitrogen and oxygen atoms in total. The first-order valence-electron chi connectivity index (χ1n) is 6.93. The molecule has 1 aromatic heterocycles. The first kappa shape index (κ1) is 16.0. The lowest BCUT2D eigenvalue weighted by molar-refractivity contribution is -0.385. The number of halogens is 3. The highest BCUT2D eigenvalue weighted by atomic mass is 19.4. The topological polar surface area (TPSA) is 101 Å². The highest BCUT2D eigenvalue weighted by Crippen LogP contribution is 2.46. The van der Waals surface area contributed by atoms with Crippen LogP contribution in [0.4, 0.5) is 18.9 Å². The quantitative estimate of drug-likeness (QED) is 0.660. The SMILES string of the molecule is O=C(N[C@H]1C[C@@H]1c1ccccc1C(F)(F)F)c1[nH]ncc1[N+](=O)[O-]. The zero-order valence-corrected chi connectivity index (χ0v) is 12.0. The van der Waals surface area contributed by atoms with Gasteiger partial charge in [0, 0.05) is 12.0 Å². The van der Waals surface area contributed by atoms with Gasteiger partial charge in [0.25, 0.3) is 5.91 Å². The van der Waals surface area contributed by atoms with Crippen molar-refractivity contribution in [2.45, 2.75) is 24.6 Å². The second kappa shape index (κ2) is 5.62. The number of aromatic amines is 1. The van der Waals surface area contributed by atoms with Crippen LogP contribution in [0.3, 0.4) is 0 Å². The van der Waals surface area contributed by atoms with Crippen molar-refractivity contribution >= 4 is 11.6 Å². The molecule has 24 heavy (non-hydrogen) atoms. The normalized spacial score (nSPS) is 19.8. The molecule has 0 radical (unpaired) electrons. The molecule has 2 N–H and O–H groups in total.